The third-order valence-corrected chi connectivity index (χ3v) is 6.55. The number of hydrogen-bond donors (Lipinski definition) is 0. The largest absolute Gasteiger partial charge is 0.270 e. The second kappa shape index (κ2) is 9.14. The lowest BCUT2D eigenvalue weighted by molar-refractivity contribution is 0.629. The summed E-state index contributed by atoms with van der Waals surface area (Å²) >= 11 is 5.90. The Kier molecular flexibility index (Phi) is 6.06. The molecule has 0 amide bonds. The number of nitrogens with zero attached hydrogens (tertiary/aromatic N) is 6. The van der Waals surface area contributed by atoms with Crippen LogP contribution in [0.2, 0.25) is 5.02 Å². The molecule has 33 heavy (non-hydrogen) atoms. The van der Waals surface area contributed by atoms with Crippen molar-refractivity contribution >= 4 is 22.8 Å². The van der Waals surface area contributed by atoms with Crippen molar-refractivity contribution in [2.75, 3.05) is 0 Å². The molecule has 6 rings (SSSR count). The molecule has 4 aromatic rings. The maximum atomic E-state index is 14.6. The molecule has 170 valence electrons. The van der Waals surface area contributed by atoms with Gasteiger partial charge < -0.3 is 0 Å². The van der Waals surface area contributed by atoms with Gasteiger partial charge in [-0.1, -0.05) is 24.4 Å². The standard InChI is InChI=1S/C19H18ClFN4.C6H8N2/c1-10-11(2)23-19-17(22-10)16(14-8-7-13(20)9-15(14)21)24-18(25-19)12-5-3-4-6-12;1-4-7-8(5-1)6-2-3-6/h7-9,12H,3-6H2,1-2H3;1,4-6H,2-3H2. The highest BCUT2D eigenvalue weighted by Crippen LogP contribution is 2.36. The number of aryl methyl sites for hydroxylation is 2. The van der Waals surface area contributed by atoms with Gasteiger partial charge in [0.15, 0.2) is 5.65 Å². The van der Waals surface area contributed by atoms with Crippen molar-refractivity contribution in [3.63, 3.8) is 0 Å². The van der Waals surface area contributed by atoms with Gasteiger partial charge in [-0.2, -0.15) is 5.10 Å². The Morgan fingerprint density at radius 3 is 2.39 bits per heavy atom. The summed E-state index contributed by atoms with van der Waals surface area (Å²) in [5.41, 5.74) is 3.56. The van der Waals surface area contributed by atoms with Crippen LogP contribution in [0.1, 0.15) is 67.7 Å². The van der Waals surface area contributed by atoms with Crippen molar-refractivity contribution in [3.05, 3.63) is 64.7 Å². The Bertz CT molecular complexity index is 1280. The number of benzene rings is 1. The highest BCUT2D eigenvalue weighted by Gasteiger charge is 2.24. The predicted octanol–water partition coefficient (Wildman–Crippen LogP) is 6.37. The summed E-state index contributed by atoms with van der Waals surface area (Å²) in [6, 6.07) is 7.32. The number of aromatic nitrogens is 6. The summed E-state index contributed by atoms with van der Waals surface area (Å²) < 4.78 is 16.6. The summed E-state index contributed by atoms with van der Waals surface area (Å²) in [4.78, 5) is 18.6. The minimum absolute atomic E-state index is 0.307. The number of hydrogen-bond acceptors (Lipinski definition) is 5. The van der Waals surface area contributed by atoms with E-state index >= 15 is 0 Å². The molecular weight excluding hydrogens is 439 g/mol. The monoisotopic (exact) mass is 464 g/mol. The summed E-state index contributed by atoms with van der Waals surface area (Å²) in [5.74, 6) is 0.638. The van der Waals surface area contributed by atoms with Crippen LogP contribution in [-0.4, -0.2) is 29.7 Å². The van der Waals surface area contributed by atoms with Crippen molar-refractivity contribution in [3.8, 4) is 11.3 Å². The van der Waals surface area contributed by atoms with E-state index in [2.05, 4.69) is 20.1 Å². The van der Waals surface area contributed by atoms with Crippen LogP contribution in [0.3, 0.4) is 0 Å². The average Bonchev–Trinajstić information content (AvgIpc) is 3.25. The summed E-state index contributed by atoms with van der Waals surface area (Å²) in [6.07, 6.45) is 11.0. The minimum atomic E-state index is -0.412. The van der Waals surface area contributed by atoms with Crippen LogP contribution in [0.4, 0.5) is 4.39 Å². The molecule has 2 saturated carbocycles. The van der Waals surface area contributed by atoms with E-state index in [4.69, 9.17) is 16.6 Å². The molecule has 6 nitrogen and oxygen atoms in total. The molecule has 0 N–H and O–H groups in total. The van der Waals surface area contributed by atoms with Gasteiger partial charge in [0, 0.05) is 28.9 Å². The molecule has 0 saturated heterocycles. The minimum Gasteiger partial charge on any atom is -0.270 e. The first-order chi connectivity index (χ1) is 16.0. The van der Waals surface area contributed by atoms with E-state index in [1.165, 1.54) is 31.7 Å². The van der Waals surface area contributed by atoms with Crippen molar-refractivity contribution < 1.29 is 4.39 Å². The lowest BCUT2D eigenvalue weighted by Gasteiger charge is -2.13. The van der Waals surface area contributed by atoms with Gasteiger partial charge in [0.2, 0.25) is 0 Å². The van der Waals surface area contributed by atoms with Crippen LogP contribution in [-0.2, 0) is 0 Å². The summed E-state index contributed by atoms with van der Waals surface area (Å²) in [7, 11) is 0. The molecule has 0 spiro atoms. The molecule has 2 aliphatic carbocycles. The van der Waals surface area contributed by atoms with E-state index in [0.717, 1.165) is 36.1 Å². The fraction of sp³-hybridized carbons (Fsp3) is 0.400. The summed E-state index contributed by atoms with van der Waals surface area (Å²) in [5, 5.41) is 4.45. The number of rotatable bonds is 3. The Labute approximate surface area is 197 Å². The Hall–Kier alpha value is -2.93. The van der Waals surface area contributed by atoms with E-state index in [1.54, 1.807) is 12.1 Å². The lowest BCUT2D eigenvalue weighted by atomic mass is 10.1. The van der Waals surface area contributed by atoms with Gasteiger partial charge in [0.1, 0.15) is 22.9 Å². The van der Waals surface area contributed by atoms with Crippen LogP contribution in [0.5, 0.6) is 0 Å². The van der Waals surface area contributed by atoms with Crippen LogP contribution >= 0.6 is 11.6 Å². The molecule has 2 fully saturated rings. The lowest BCUT2D eigenvalue weighted by Crippen LogP contribution is -2.07. The second-order valence-corrected chi connectivity index (χ2v) is 9.26. The first kappa shape index (κ1) is 21.9. The second-order valence-electron chi connectivity index (χ2n) is 8.82. The zero-order valence-electron chi connectivity index (χ0n) is 18.8. The molecule has 3 heterocycles. The van der Waals surface area contributed by atoms with Crippen LogP contribution in [0.25, 0.3) is 22.4 Å². The first-order valence-corrected chi connectivity index (χ1v) is 11.8. The van der Waals surface area contributed by atoms with E-state index in [1.807, 2.05) is 37.0 Å². The molecular formula is C25H26ClFN6. The van der Waals surface area contributed by atoms with Crippen LogP contribution in [0, 0.1) is 19.7 Å². The molecule has 1 aromatic carbocycles. The van der Waals surface area contributed by atoms with Gasteiger partial charge in [-0.15, -0.1) is 0 Å². The Balaban J connectivity index is 0.000000238. The highest BCUT2D eigenvalue weighted by atomic mass is 35.5. The number of fused-ring (bicyclic) bond motifs is 1. The zero-order chi connectivity index (χ0) is 22.9. The Morgan fingerprint density at radius 1 is 0.970 bits per heavy atom. The van der Waals surface area contributed by atoms with Crippen molar-refractivity contribution in [2.45, 2.75) is 64.3 Å². The van der Waals surface area contributed by atoms with Crippen molar-refractivity contribution in [2.24, 2.45) is 0 Å². The summed E-state index contributed by atoms with van der Waals surface area (Å²) in [6.45, 7) is 3.79. The fourth-order valence-electron chi connectivity index (χ4n) is 4.20. The quantitative estimate of drug-likeness (QED) is 0.352. The molecule has 0 bridgehead atoms. The van der Waals surface area contributed by atoms with Gasteiger partial charge in [-0.3, -0.25) is 4.68 Å². The van der Waals surface area contributed by atoms with Gasteiger partial charge in [0.25, 0.3) is 0 Å². The third kappa shape index (κ3) is 4.74. The molecule has 0 aliphatic heterocycles. The molecule has 3 aromatic heterocycles. The van der Waals surface area contributed by atoms with Gasteiger partial charge in [-0.25, -0.2) is 24.3 Å². The molecule has 0 radical (unpaired) electrons. The van der Waals surface area contributed by atoms with E-state index in [9.17, 15) is 4.39 Å². The fourth-order valence-corrected chi connectivity index (χ4v) is 4.36. The Morgan fingerprint density at radius 2 is 1.73 bits per heavy atom. The van der Waals surface area contributed by atoms with E-state index in [0.29, 0.717) is 33.4 Å². The average molecular weight is 465 g/mol. The van der Waals surface area contributed by atoms with Gasteiger partial charge >= 0.3 is 0 Å². The smallest absolute Gasteiger partial charge is 0.182 e. The zero-order valence-corrected chi connectivity index (χ0v) is 19.6. The van der Waals surface area contributed by atoms with Crippen molar-refractivity contribution in [1.82, 2.24) is 29.7 Å². The molecule has 0 unspecified atom stereocenters. The number of halogens is 2. The van der Waals surface area contributed by atoms with Gasteiger partial charge in [-0.05, 0) is 63.8 Å². The van der Waals surface area contributed by atoms with E-state index < -0.39 is 5.82 Å². The predicted molar refractivity (Wildman–Crippen MR) is 127 cm³/mol. The van der Waals surface area contributed by atoms with Gasteiger partial charge in [0.05, 0.1) is 17.4 Å². The first-order valence-electron chi connectivity index (χ1n) is 11.5. The van der Waals surface area contributed by atoms with Crippen LogP contribution < -0.4 is 0 Å². The highest BCUT2D eigenvalue weighted by molar-refractivity contribution is 6.30. The molecule has 2 aliphatic rings. The molecule has 8 heteroatoms. The van der Waals surface area contributed by atoms with Crippen molar-refractivity contribution in [1.29, 1.82) is 0 Å². The maximum Gasteiger partial charge on any atom is 0.182 e. The molecule has 0 atom stereocenters. The van der Waals surface area contributed by atoms with E-state index in [-0.39, 0.29) is 0 Å². The SMILES string of the molecule is Cc1nc2nc(C3CCCC3)nc(-c3ccc(Cl)cc3F)c2nc1C.c1cnn(C2CC2)c1. The maximum absolute atomic E-state index is 14.6. The normalized spacial score (nSPS) is 16.1. The third-order valence-electron chi connectivity index (χ3n) is 6.31. The topological polar surface area (TPSA) is 69.4 Å². The van der Waals surface area contributed by atoms with Crippen LogP contribution in [0.15, 0.2) is 36.7 Å².